The molecule has 0 N–H and O–H groups in total. The molecule has 2 aromatic rings. The van der Waals surface area contributed by atoms with E-state index in [9.17, 15) is 0 Å². The van der Waals surface area contributed by atoms with Crippen LogP contribution in [0.2, 0.25) is 0 Å². The number of hydrogen-bond donors (Lipinski definition) is 0. The lowest BCUT2D eigenvalue weighted by Crippen LogP contribution is -2.13. The van der Waals surface area contributed by atoms with E-state index in [4.69, 9.17) is 0 Å². The second-order valence-corrected chi connectivity index (χ2v) is 4.76. The summed E-state index contributed by atoms with van der Waals surface area (Å²) in [5.74, 6) is 0. The molecule has 0 fully saturated rings. The van der Waals surface area contributed by atoms with Crippen LogP contribution in [0.25, 0.3) is 11.1 Å². The normalized spacial score (nSPS) is 15.8. The van der Waals surface area contributed by atoms with Crippen LogP contribution in [0.15, 0.2) is 24.3 Å². The summed E-state index contributed by atoms with van der Waals surface area (Å²) in [5, 5.41) is 0. The smallest absolute Gasteiger partial charge is 0.0114 e. The fourth-order valence-electron chi connectivity index (χ4n) is 3.16. The van der Waals surface area contributed by atoms with E-state index in [0.29, 0.717) is 0 Å². The molecule has 2 aromatic carbocycles. The molecule has 0 spiro atoms. The van der Waals surface area contributed by atoms with Gasteiger partial charge in [0.15, 0.2) is 0 Å². The lowest BCUT2D eigenvalue weighted by molar-refractivity contribution is 0.875. The third kappa shape index (κ3) is 0.996. The molecule has 0 heterocycles. The third-order valence-electron chi connectivity index (χ3n) is 3.89. The van der Waals surface area contributed by atoms with E-state index < -0.39 is 0 Å². The molecule has 0 heteroatoms. The molecule has 0 nitrogen and oxygen atoms in total. The summed E-state index contributed by atoms with van der Waals surface area (Å²) in [4.78, 5) is 0. The van der Waals surface area contributed by atoms with Crippen LogP contribution in [0, 0.1) is 12.1 Å². The molecule has 0 saturated heterocycles. The van der Waals surface area contributed by atoms with Crippen LogP contribution in [0.3, 0.4) is 0 Å². The highest BCUT2D eigenvalue weighted by molar-refractivity contribution is 5.80. The van der Waals surface area contributed by atoms with E-state index in [1.807, 2.05) is 0 Å². The van der Waals surface area contributed by atoms with Gasteiger partial charge in [0, 0.05) is 0 Å². The zero-order valence-corrected chi connectivity index (χ0v) is 9.14. The standard InChI is InChI=1S/C16H12/c1-3-11-7-9-13-5-2-6-14-10-8-12(4-1)15(11)16(13)14/h3-6H,7-10H2. The molecule has 0 atom stereocenters. The van der Waals surface area contributed by atoms with Crippen molar-refractivity contribution in [2.75, 3.05) is 0 Å². The Morgan fingerprint density at radius 1 is 0.562 bits per heavy atom. The first-order valence-electron chi connectivity index (χ1n) is 5.97. The van der Waals surface area contributed by atoms with Gasteiger partial charge in [-0.2, -0.15) is 0 Å². The Labute approximate surface area is 95.9 Å². The maximum atomic E-state index is 3.29. The van der Waals surface area contributed by atoms with Gasteiger partial charge in [0.05, 0.1) is 0 Å². The predicted molar refractivity (Wildman–Crippen MR) is 64.4 cm³/mol. The average Bonchev–Trinajstić information content (AvgIpc) is 2.36. The van der Waals surface area contributed by atoms with Crippen molar-refractivity contribution >= 4 is 0 Å². The molecule has 4 rings (SSSR count). The van der Waals surface area contributed by atoms with Gasteiger partial charge >= 0.3 is 0 Å². The highest BCUT2D eigenvalue weighted by Gasteiger charge is 2.24. The SMILES string of the molecule is [c]1cc2c3c(c1)CCc1c[c]cc(c1-3)CC2. The van der Waals surface area contributed by atoms with Crippen molar-refractivity contribution in [3.8, 4) is 11.1 Å². The van der Waals surface area contributed by atoms with Gasteiger partial charge in [0.25, 0.3) is 0 Å². The summed E-state index contributed by atoms with van der Waals surface area (Å²) in [5.41, 5.74) is 9.04. The maximum absolute atomic E-state index is 3.29. The molecule has 0 bridgehead atoms. The molecule has 0 saturated carbocycles. The van der Waals surface area contributed by atoms with Crippen LogP contribution >= 0.6 is 0 Å². The van der Waals surface area contributed by atoms with Crippen LogP contribution in [-0.2, 0) is 25.7 Å². The fourth-order valence-corrected chi connectivity index (χ4v) is 3.16. The van der Waals surface area contributed by atoms with Crippen LogP contribution in [0.4, 0.5) is 0 Å². The van der Waals surface area contributed by atoms with Crippen LogP contribution in [-0.4, -0.2) is 0 Å². The van der Waals surface area contributed by atoms with Gasteiger partial charge in [-0.05, 0) is 71.2 Å². The van der Waals surface area contributed by atoms with E-state index in [-0.39, 0.29) is 0 Å². The predicted octanol–water partition coefficient (Wildman–Crippen LogP) is 3.15. The molecule has 2 aliphatic carbocycles. The van der Waals surface area contributed by atoms with E-state index >= 15 is 0 Å². The van der Waals surface area contributed by atoms with Crippen LogP contribution in [0.5, 0.6) is 0 Å². The van der Waals surface area contributed by atoms with Gasteiger partial charge < -0.3 is 0 Å². The Kier molecular flexibility index (Phi) is 1.59. The molecular weight excluding hydrogens is 192 g/mol. The zero-order valence-electron chi connectivity index (χ0n) is 9.14. The van der Waals surface area contributed by atoms with E-state index in [1.165, 1.54) is 59.1 Å². The molecule has 2 aliphatic rings. The first-order valence-corrected chi connectivity index (χ1v) is 5.97. The van der Waals surface area contributed by atoms with E-state index in [0.717, 1.165) is 0 Å². The van der Waals surface area contributed by atoms with Gasteiger partial charge in [-0.25, -0.2) is 0 Å². The Morgan fingerprint density at radius 3 is 1.19 bits per heavy atom. The Balaban J connectivity index is 2.15. The summed E-state index contributed by atoms with van der Waals surface area (Å²) in [6, 6.07) is 15.3. The molecular formula is C16H12. The van der Waals surface area contributed by atoms with Crippen molar-refractivity contribution in [1.82, 2.24) is 0 Å². The first kappa shape index (κ1) is 8.58. The molecule has 0 aliphatic heterocycles. The minimum absolute atomic E-state index is 1.17. The summed E-state index contributed by atoms with van der Waals surface area (Å²) in [7, 11) is 0. The zero-order chi connectivity index (χ0) is 10.5. The van der Waals surface area contributed by atoms with E-state index in [2.05, 4.69) is 36.4 Å². The van der Waals surface area contributed by atoms with Gasteiger partial charge in [-0.1, -0.05) is 24.3 Å². The van der Waals surface area contributed by atoms with Crippen molar-refractivity contribution in [1.29, 1.82) is 0 Å². The van der Waals surface area contributed by atoms with E-state index in [1.54, 1.807) is 0 Å². The topological polar surface area (TPSA) is 0 Å². The minimum atomic E-state index is 1.17. The molecule has 16 heavy (non-hydrogen) atoms. The molecule has 0 aromatic heterocycles. The number of benzene rings is 2. The van der Waals surface area contributed by atoms with Crippen molar-refractivity contribution in [3.63, 3.8) is 0 Å². The molecule has 0 unspecified atom stereocenters. The second-order valence-electron chi connectivity index (χ2n) is 4.76. The van der Waals surface area contributed by atoms with Gasteiger partial charge in [-0.15, -0.1) is 0 Å². The lowest BCUT2D eigenvalue weighted by Gasteiger charge is -2.28. The van der Waals surface area contributed by atoms with Crippen molar-refractivity contribution in [3.05, 3.63) is 58.7 Å². The highest BCUT2D eigenvalue weighted by Crippen LogP contribution is 2.41. The summed E-state index contributed by atoms with van der Waals surface area (Å²) in [6.45, 7) is 0. The van der Waals surface area contributed by atoms with Crippen molar-refractivity contribution in [2.24, 2.45) is 0 Å². The largest absolute Gasteiger partial charge is 0.0505 e. The average molecular weight is 204 g/mol. The number of rotatable bonds is 0. The summed E-state index contributed by atoms with van der Waals surface area (Å²) in [6.07, 6.45) is 4.68. The second kappa shape index (κ2) is 2.98. The Bertz CT molecular complexity index is 481. The molecule has 0 amide bonds. The fraction of sp³-hybridized carbons (Fsp3) is 0.250. The molecule has 2 radical (unpaired) electrons. The minimum Gasteiger partial charge on any atom is -0.0505 e. The van der Waals surface area contributed by atoms with Crippen LogP contribution in [0.1, 0.15) is 22.3 Å². The maximum Gasteiger partial charge on any atom is -0.0114 e. The summed E-state index contributed by atoms with van der Waals surface area (Å²) < 4.78 is 0. The van der Waals surface area contributed by atoms with Gasteiger partial charge in [0.2, 0.25) is 0 Å². The lowest BCUT2D eigenvalue weighted by atomic mass is 9.76. The van der Waals surface area contributed by atoms with Crippen molar-refractivity contribution < 1.29 is 0 Å². The highest BCUT2D eigenvalue weighted by atomic mass is 14.3. The first-order chi connectivity index (χ1) is 7.93. The third-order valence-corrected chi connectivity index (χ3v) is 3.89. The Morgan fingerprint density at radius 2 is 0.875 bits per heavy atom. The number of aryl methyl sites for hydroxylation is 4. The molecule has 76 valence electrons. The van der Waals surface area contributed by atoms with Gasteiger partial charge in [-0.3, -0.25) is 0 Å². The Hall–Kier alpha value is -1.56. The van der Waals surface area contributed by atoms with Gasteiger partial charge in [0.1, 0.15) is 0 Å². The quantitative estimate of drug-likeness (QED) is 0.618. The monoisotopic (exact) mass is 204 g/mol. The number of hydrogen-bond acceptors (Lipinski definition) is 0. The summed E-state index contributed by atoms with van der Waals surface area (Å²) >= 11 is 0. The van der Waals surface area contributed by atoms with Crippen LogP contribution < -0.4 is 0 Å². The van der Waals surface area contributed by atoms with Crippen molar-refractivity contribution in [2.45, 2.75) is 25.7 Å².